The first-order chi connectivity index (χ1) is 7.49. The summed E-state index contributed by atoms with van der Waals surface area (Å²) in [4.78, 5) is 31.8. The summed E-state index contributed by atoms with van der Waals surface area (Å²) in [5.74, 6) is -2.10. The molecule has 1 heterocycles. The lowest BCUT2D eigenvalue weighted by Crippen LogP contribution is -2.44. The smallest absolute Gasteiger partial charge is 0.323 e. The predicted molar refractivity (Wildman–Crippen MR) is 52.0 cm³/mol. The molecule has 8 nitrogen and oxygen atoms in total. The van der Waals surface area contributed by atoms with Crippen molar-refractivity contribution in [3.05, 3.63) is 0 Å². The Morgan fingerprint density at radius 2 is 2.00 bits per heavy atom. The van der Waals surface area contributed by atoms with Crippen LogP contribution >= 0.6 is 0 Å². The number of amides is 2. The first kappa shape index (κ1) is 12.2. The highest BCUT2D eigenvalue weighted by molar-refractivity contribution is 5.80. The van der Waals surface area contributed by atoms with Crippen LogP contribution in [-0.4, -0.2) is 53.4 Å². The Kier molecular flexibility index (Phi) is 4.06. The molecule has 90 valence electrons. The van der Waals surface area contributed by atoms with Gasteiger partial charge in [0.15, 0.2) is 0 Å². The van der Waals surface area contributed by atoms with Crippen molar-refractivity contribution in [3.8, 4) is 0 Å². The molecule has 0 saturated carbocycles. The average molecular weight is 231 g/mol. The number of carbonyl (C=O) groups excluding carboxylic acids is 1. The first-order valence-corrected chi connectivity index (χ1v) is 4.71. The van der Waals surface area contributed by atoms with Crippen LogP contribution in [0.15, 0.2) is 0 Å². The van der Waals surface area contributed by atoms with Crippen molar-refractivity contribution in [2.45, 2.75) is 18.5 Å². The Labute approximate surface area is 91.0 Å². The van der Waals surface area contributed by atoms with Crippen LogP contribution in [0.2, 0.25) is 0 Å². The van der Waals surface area contributed by atoms with Gasteiger partial charge >= 0.3 is 18.0 Å². The topological polar surface area (TPSA) is 128 Å². The summed E-state index contributed by atoms with van der Waals surface area (Å²) in [6.07, 6.45) is 0.288. The number of rotatable bonds is 4. The van der Waals surface area contributed by atoms with Gasteiger partial charge in [-0.3, -0.25) is 9.59 Å². The zero-order chi connectivity index (χ0) is 12.1. The molecule has 2 amide bonds. The van der Waals surface area contributed by atoms with E-state index in [0.717, 1.165) is 0 Å². The minimum atomic E-state index is -1.14. The normalized spacial score (nSPS) is 23.8. The molecule has 0 aromatic rings. The molecular formula is C8H13N3O5. The summed E-state index contributed by atoms with van der Waals surface area (Å²) in [6, 6.07) is -1.57. The van der Waals surface area contributed by atoms with Gasteiger partial charge in [-0.25, -0.2) is 4.79 Å². The van der Waals surface area contributed by atoms with E-state index in [9.17, 15) is 14.4 Å². The number of urea groups is 1. The standard InChI is InChI=1S/C8H13N3O5/c12-6(13)3-10-8(16)11-4-1-5(7(14)15)9-2-4/h4-5,9H,1-3H2,(H,12,13)(H,14,15)(H2,10,11,16)/t4-,5+/m0/s1. The lowest BCUT2D eigenvalue weighted by Gasteiger charge is -2.11. The molecule has 1 fully saturated rings. The molecule has 1 aliphatic heterocycles. The van der Waals surface area contributed by atoms with E-state index in [1.54, 1.807) is 0 Å². The van der Waals surface area contributed by atoms with Gasteiger partial charge in [0.2, 0.25) is 0 Å². The number of carboxylic acid groups (broad SMARTS) is 2. The molecule has 1 aliphatic rings. The molecule has 0 unspecified atom stereocenters. The molecule has 0 bridgehead atoms. The fraction of sp³-hybridized carbons (Fsp3) is 0.625. The molecule has 16 heavy (non-hydrogen) atoms. The number of carbonyl (C=O) groups is 3. The maximum Gasteiger partial charge on any atom is 0.323 e. The second kappa shape index (κ2) is 5.31. The van der Waals surface area contributed by atoms with Gasteiger partial charge in [-0.2, -0.15) is 0 Å². The van der Waals surface area contributed by atoms with Gasteiger partial charge in [-0.15, -0.1) is 0 Å². The van der Waals surface area contributed by atoms with Gasteiger partial charge in [0.05, 0.1) is 0 Å². The molecule has 0 aliphatic carbocycles. The number of hydrogen-bond acceptors (Lipinski definition) is 4. The third-order valence-corrected chi connectivity index (χ3v) is 2.16. The van der Waals surface area contributed by atoms with Crippen molar-refractivity contribution in [2.24, 2.45) is 0 Å². The Morgan fingerprint density at radius 3 is 2.50 bits per heavy atom. The van der Waals surface area contributed by atoms with Crippen LogP contribution in [0.3, 0.4) is 0 Å². The number of aliphatic carboxylic acids is 2. The van der Waals surface area contributed by atoms with Crippen molar-refractivity contribution >= 4 is 18.0 Å². The summed E-state index contributed by atoms with van der Waals surface area (Å²) in [6.45, 7) is -0.105. The van der Waals surface area contributed by atoms with Gasteiger partial charge < -0.3 is 26.2 Å². The summed E-state index contributed by atoms with van der Waals surface area (Å²) in [7, 11) is 0. The summed E-state index contributed by atoms with van der Waals surface area (Å²) in [5.41, 5.74) is 0. The van der Waals surface area contributed by atoms with Crippen LogP contribution in [0, 0.1) is 0 Å². The largest absolute Gasteiger partial charge is 0.480 e. The minimum Gasteiger partial charge on any atom is -0.480 e. The maximum atomic E-state index is 11.1. The highest BCUT2D eigenvalue weighted by Gasteiger charge is 2.29. The lowest BCUT2D eigenvalue weighted by molar-refractivity contribution is -0.139. The highest BCUT2D eigenvalue weighted by Crippen LogP contribution is 2.06. The zero-order valence-electron chi connectivity index (χ0n) is 8.40. The third kappa shape index (κ3) is 3.73. The number of hydrogen-bond donors (Lipinski definition) is 5. The minimum absolute atomic E-state index is 0.288. The van der Waals surface area contributed by atoms with Crippen LogP contribution in [0.25, 0.3) is 0 Å². The number of carboxylic acids is 2. The molecule has 1 saturated heterocycles. The van der Waals surface area contributed by atoms with Gasteiger partial charge in [-0.1, -0.05) is 0 Å². The van der Waals surface area contributed by atoms with E-state index in [4.69, 9.17) is 10.2 Å². The SMILES string of the molecule is O=C(O)CNC(=O)N[C@@H]1CN[C@@H](C(=O)O)C1. The summed E-state index contributed by atoms with van der Waals surface area (Å²) in [5, 5.41) is 24.3. The van der Waals surface area contributed by atoms with Crippen LogP contribution in [0.1, 0.15) is 6.42 Å². The molecule has 0 radical (unpaired) electrons. The molecule has 8 heteroatoms. The van der Waals surface area contributed by atoms with Crippen LogP contribution < -0.4 is 16.0 Å². The fourth-order valence-electron chi connectivity index (χ4n) is 1.43. The Bertz CT molecular complexity index is 306. The molecule has 2 atom stereocenters. The molecular weight excluding hydrogens is 218 g/mol. The maximum absolute atomic E-state index is 11.1. The van der Waals surface area contributed by atoms with Crippen molar-refractivity contribution < 1.29 is 24.6 Å². The highest BCUT2D eigenvalue weighted by atomic mass is 16.4. The first-order valence-electron chi connectivity index (χ1n) is 4.71. The second-order valence-electron chi connectivity index (χ2n) is 3.45. The molecule has 1 rings (SSSR count). The quantitative estimate of drug-likeness (QED) is 0.388. The van der Waals surface area contributed by atoms with Gasteiger partial charge in [0, 0.05) is 12.6 Å². The van der Waals surface area contributed by atoms with Crippen molar-refractivity contribution in [3.63, 3.8) is 0 Å². The van der Waals surface area contributed by atoms with Crippen LogP contribution in [0.4, 0.5) is 4.79 Å². The lowest BCUT2D eigenvalue weighted by atomic mass is 10.2. The molecule has 0 aromatic heterocycles. The second-order valence-corrected chi connectivity index (χ2v) is 3.45. The Balaban J connectivity index is 2.26. The number of nitrogens with one attached hydrogen (secondary N) is 3. The Hall–Kier alpha value is -1.83. The Morgan fingerprint density at radius 1 is 1.31 bits per heavy atom. The molecule has 5 N–H and O–H groups in total. The predicted octanol–water partition coefficient (Wildman–Crippen LogP) is -1.81. The molecule has 0 spiro atoms. The van der Waals surface area contributed by atoms with E-state index >= 15 is 0 Å². The summed E-state index contributed by atoms with van der Waals surface area (Å²) >= 11 is 0. The van der Waals surface area contributed by atoms with Crippen LogP contribution in [0.5, 0.6) is 0 Å². The fourth-order valence-corrected chi connectivity index (χ4v) is 1.43. The van der Waals surface area contributed by atoms with E-state index in [1.807, 2.05) is 0 Å². The van der Waals surface area contributed by atoms with Crippen molar-refractivity contribution in [2.75, 3.05) is 13.1 Å². The van der Waals surface area contributed by atoms with Gasteiger partial charge in [0.1, 0.15) is 12.6 Å². The van der Waals surface area contributed by atoms with Crippen molar-refractivity contribution in [1.82, 2.24) is 16.0 Å². The monoisotopic (exact) mass is 231 g/mol. The molecule has 0 aromatic carbocycles. The van der Waals surface area contributed by atoms with Gasteiger partial charge in [0.25, 0.3) is 0 Å². The van der Waals surface area contributed by atoms with Crippen LogP contribution in [-0.2, 0) is 9.59 Å². The van der Waals surface area contributed by atoms with E-state index in [2.05, 4.69) is 16.0 Å². The van der Waals surface area contributed by atoms with Gasteiger partial charge in [-0.05, 0) is 6.42 Å². The third-order valence-electron chi connectivity index (χ3n) is 2.16. The van der Waals surface area contributed by atoms with E-state index in [0.29, 0.717) is 6.54 Å². The van der Waals surface area contributed by atoms with E-state index < -0.39 is 30.6 Å². The van der Waals surface area contributed by atoms with E-state index in [-0.39, 0.29) is 12.5 Å². The summed E-state index contributed by atoms with van der Waals surface area (Å²) < 4.78 is 0. The van der Waals surface area contributed by atoms with E-state index in [1.165, 1.54) is 0 Å². The zero-order valence-corrected chi connectivity index (χ0v) is 8.40. The van der Waals surface area contributed by atoms with Crippen molar-refractivity contribution in [1.29, 1.82) is 0 Å². The average Bonchev–Trinajstić information content (AvgIpc) is 2.63.